The van der Waals surface area contributed by atoms with Gasteiger partial charge in [0.15, 0.2) is 10.9 Å². The third kappa shape index (κ3) is 4.22. The van der Waals surface area contributed by atoms with Crippen molar-refractivity contribution in [3.05, 3.63) is 33.6 Å². The molecular formula is C14H15FN4O4S. The van der Waals surface area contributed by atoms with E-state index in [2.05, 4.69) is 15.2 Å². The summed E-state index contributed by atoms with van der Waals surface area (Å²) in [5, 5.41) is 19.5. The Hall–Kier alpha value is -2.62. The topological polar surface area (TPSA) is 97.1 Å². The lowest BCUT2D eigenvalue weighted by Crippen LogP contribution is -2.33. The maximum Gasteiger partial charge on any atom is 0.310 e. The van der Waals surface area contributed by atoms with Crippen LogP contribution in [0.2, 0.25) is 0 Å². The van der Waals surface area contributed by atoms with Gasteiger partial charge in [0, 0.05) is 18.3 Å². The highest BCUT2D eigenvalue weighted by Gasteiger charge is 2.22. The van der Waals surface area contributed by atoms with Crippen LogP contribution in [-0.4, -0.2) is 40.9 Å². The number of nitro benzene ring substituents is 1. The average molecular weight is 354 g/mol. The fourth-order valence-corrected chi connectivity index (χ4v) is 2.37. The maximum atomic E-state index is 14.1. The summed E-state index contributed by atoms with van der Waals surface area (Å²) in [5.74, 6) is -1.52. The second kappa shape index (κ2) is 7.77. The first-order valence-electron chi connectivity index (χ1n) is 7.07. The first kappa shape index (κ1) is 17.7. The zero-order valence-corrected chi connectivity index (χ0v) is 13.6. The molecule has 0 spiro atoms. The Bertz CT molecular complexity index is 710. The van der Waals surface area contributed by atoms with Gasteiger partial charge >= 0.3 is 5.97 Å². The van der Waals surface area contributed by atoms with Crippen LogP contribution < -0.4 is 5.32 Å². The molecule has 10 heteroatoms. The van der Waals surface area contributed by atoms with Gasteiger partial charge < -0.3 is 10.1 Å². The smallest absolute Gasteiger partial charge is 0.310 e. The zero-order chi connectivity index (χ0) is 17.7. The summed E-state index contributed by atoms with van der Waals surface area (Å²) in [6, 6.07) is 1.94. The van der Waals surface area contributed by atoms with Crippen LogP contribution in [0.4, 0.5) is 15.8 Å². The van der Waals surface area contributed by atoms with Crippen molar-refractivity contribution in [2.75, 3.05) is 19.0 Å². The molecule has 0 aliphatic carbocycles. The molecule has 0 unspecified atom stereocenters. The largest absolute Gasteiger partial charge is 0.469 e. The number of methoxy groups -OCH3 is 1. The van der Waals surface area contributed by atoms with E-state index in [-0.39, 0.29) is 22.8 Å². The molecule has 1 N–H and O–H groups in total. The number of halogens is 1. The average Bonchev–Trinajstić information content (AvgIpc) is 2.57. The lowest BCUT2D eigenvalue weighted by atomic mass is 10.1. The number of hydrogen-bond donors (Lipinski definition) is 1. The summed E-state index contributed by atoms with van der Waals surface area (Å²) in [6.07, 6.45) is 3.05. The number of nitro groups is 1. The molecule has 1 heterocycles. The third-order valence-electron chi connectivity index (χ3n) is 3.33. The van der Waals surface area contributed by atoms with Gasteiger partial charge in [-0.15, -0.1) is 0 Å². The molecular weight excluding hydrogens is 339 g/mol. The molecule has 1 aliphatic heterocycles. The first-order valence-corrected chi connectivity index (χ1v) is 7.47. The molecule has 0 fully saturated rings. The monoisotopic (exact) mass is 354 g/mol. The molecule has 0 atom stereocenters. The number of carbonyl (C=O) groups excluding carboxylic acids is 1. The van der Waals surface area contributed by atoms with Gasteiger partial charge in [0.05, 0.1) is 30.2 Å². The summed E-state index contributed by atoms with van der Waals surface area (Å²) in [4.78, 5) is 21.7. The van der Waals surface area contributed by atoms with E-state index in [9.17, 15) is 19.3 Å². The van der Waals surface area contributed by atoms with E-state index in [0.717, 1.165) is 18.9 Å². The fraction of sp³-hybridized carbons (Fsp3) is 0.357. The minimum absolute atomic E-state index is 0.0284. The van der Waals surface area contributed by atoms with Crippen LogP contribution in [0.3, 0.4) is 0 Å². The van der Waals surface area contributed by atoms with Crippen molar-refractivity contribution in [2.45, 2.75) is 19.3 Å². The number of hydrogen-bond acceptors (Lipinski definition) is 6. The number of carbonyl (C=O) groups is 1. The molecule has 0 bridgehead atoms. The van der Waals surface area contributed by atoms with E-state index in [1.165, 1.54) is 18.2 Å². The van der Waals surface area contributed by atoms with Crippen molar-refractivity contribution >= 4 is 40.9 Å². The van der Waals surface area contributed by atoms with Gasteiger partial charge in [-0.2, -0.15) is 5.10 Å². The standard InChI is InChI=1S/C14H15FN4O4S/c1-23-13(20)7-9-6-11(10(15)8-12(9)19(21)22)17-14(24)18-5-3-2-4-16-18/h4,6,8H,2-3,5,7H2,1H3,(H,17,24). The lowest BCUT2D eigenvalue weighted by Gasteiger charge is -2.23. The normalized spacial score (nSPS) is 13.5. The number of esters is 1. The second-order valence-electron chi connectivity index (χ2n) is 4.96. The van der Waals surface area contributed by atoms with Crippen LogP contribution in [0.15, 0.2) is 17.2 Å². The van der Waals surface area contributed by atoms with Gasteiger partial charge in [-0.05, 0) is 31.1 Å². The Balaban J connectivity index is 2.28. The van der Waals surface area contributed by atoms with Gasteiger partial charge in [0.25, 0.3) is 5.69 Å². The van der Waals surface area contributed by atoms with E-state index < -0.39 is 22.4 Å². The molecule has 8 nitrogen and oxygen atoms in total. The highest BCUT2D eigenvalue weighted by molar-refractivity contribution is 7.80. The summed E-state index contributed by atoms with van der Waals surface area (Å²) in [5.41, 5.74) is -0.531. The first-order chi connectivity index (χ1) is 11.4. The number of benzene rings is 1. The van der Waals surface area contributed by atoms with Gasteiger partial charge in [0.2, 0.25) is 0 Å². The van der Waals surface area contributed by atoms with Crippen molar-refractivity contribution in [1.29, 1.82) is 0 Å². The van der Waals surface area contributed by atoms with Gasteiger partial charge in [-0.1, -0.05) is 0 Å². The Kier molecular flexibility index (Phi) is 5.74. The van der Waals surface area contributed by atoms with Crippen molar-refractivity contribution in [3.63, 3.8) is 0 Å². The number of hydrazone groups is 1. The summed E-state index contributed by atoms with van der Waals surface area (Å²) >= 11 is 5.16. The molecule has 24 heavy (non-hydrogen) atoms. The molecule has 0 amide bonds. The van der Waals surface area contributed by atoms with Gasteiger partial charge in [0.1, 0.15) is 0 Å². The van der Waals surface area contributed by atoms with Crippen LogP contribution in [-0.2, 0) is 16.0 Å². The molecule has 0 saturated carbocycles. The van der Waals surface area contributed by atoms with E-state index in [1.54, 1.807) is 6.21 Å². The fourth-order valence-electron chi connectivity index (χ4n) is 2.12. The van der Waals surface area contributed by atoms with E-state index in [0.29, 0.717) is 6.54 Å². The molecule has 1 aromatic rings. The molecule has 2 rings (SSSR count). The minimum Gasteiger partial charge on any atom is -0.469 e. The number of rotatable bonds is 4. The molecule has 1 aliphatic rings. The minimum atomic E-state index is -0.848. The maximum absolute atomic E-state index is 14.1. The van der Waals surface area contributed by atoms with Crippen molar-refractivity contribution in [2.24, 2.45) is 5.10 Å². The van der Waals surface area contributed by atoms with Crippen LogP contribution in [0.1, 0.15) is 18.4 Å². The molecule has 0 aromatic heterocycles. The molecule has 128 valence electrons. The molecule has 0 saturated heterocycles. The lowest BCUT2D eigenvalue weighted by molar-refractivity contribution is -0.385. The Labute approximate surface area is 142 Å². The van der Waals surface area contributed by atoms with Crippen molar-refractivity contribution in [3.8, 4) is 0 Å². The second-order valence-corrected chi connectivity index (χ2v) is 5.35. The number of anilines is 1. The summed E-state index contributed by atoms with van der Waals surface area (Å²) < 4.78 is 18.6. The predicted molar refractivity (Wildman–Crippen MR) is 89.4 cm³/mol. The highest BCUT2D eigenvalue weighted by atomic mass is 32.1. The number of ether oxygens (including phenoxy) is 1. The van der Waals surface area contributed by atoms with Crippen LogP contribution in [0.5, 0.6) is 0 Å². The SMILES string of the molecule is COC(=O)Cc1cc(NC(=S)N2CCCC=N2)c(F)cc1[N+](=O)[O-]. The Morgan fingerprint density at radius 2 is 2.33 bits per heavy atom. The zero-order valence-electron chi connectivity index (χ0n) is 12.8. The van der Waals surface area contributed by atoms with E-state index in [1.807, 2.05) is 0 Å². The quantitative estimate of drug-likeness (QED) is 0.383. The molecule has 1 aromatic carbocycles. The Morgan fingerprint density at radius 1 is 1.58 bits per heavy atom. The van der Waals surface area contributed by atoms with Crippen LogP contribution >= 0.6 is 12.2 Å². The van der Waals surface area contributed by atoms with Crippen molar-refractivity contribution < 1.29 is 18.8 Å². The van der Waals surface area contributed by atoms with Crippen LogP contribution in [0, 0.1) is 15.9 Å². The Morgan fingerprint density at radius 3 is 2.92 bits per heavy atom. The predicted octanol–water partition coefficient (Wildman–Crippen LogP) is 2.23. The summed E-state index contributed by atoms with van der Waals surface area (Å²) in [7, 11) is 1.17. The number of thiocarbonyl (C=S) groups is 1. The van der Waals surface area contributed by atoms with Gasteiger partial charge in [-0.25, -0.2) is 9.40 Å². The molecule has 0 radical (unpaired) electrons. The van der Waals surface area contributed by atoms with Gasteiger partial charge in [-0.3, -0.25) is 14.9 Å². The van der Waals surface area contributed by atoms with Crippen molar-refractivity contribution in [1.82, 2.24) is 5.01 Å². The van der Waals surface area contributed by atoms with E-state index in [4.69, 9.17) is 12.2 Å². The van der Waals surface area contributed by atoms with Crippen LogP contribution in [0.25, 0.3) is 0 Å². The van der Waals surface area contributed by atoms with E-state index >= 15 is 0 Å². The summed E-state index contributed by atoms with van der Waals surface area (Å²) in [6.45, 7) is 0.589. The number of nitrogens with zero attached hydrogens (tertiary/aromatic N) is 3. The number of nitrogens with one attached hydrogen (secondary N) is 1. The highest BCUT2D eigenvalue weighted by Crippen LogP contribution is 2.27. The third-order valence-corrected chi connectivity index (χ3v) is 3.64.